The van der Waals surface area contributed by atoms with Gasteiger partial charge in [0.05, 0.1) is 10.4 Å². The molecule has 0 aliphatic carbocycles. The molecule has 176 valence electrons. The van der Waals surface area contributed by atoms with Crippen molar-refractivity contribution in [2.45, 2.75) is 31.0 Å². The summed E-state index contributed by atoms with van der Waals surface area (Å²) < 4.78 is 47.5. The first-order valence-corrected chi connectivity index (χ1v) is 12.0. The number of hydrogen-bond acceptors (Lipinski definition) is 5. The first kappa shape index (κ1) is 23.4. The van der Waals surface area contributed by atoms with E-state index in [0.29, 0.717) is 22.2 Å². The van der Waals surface area contributed by atoms with Crippen LogP contribution in [0.25, 0.3) is 11.1 Å². The lowest BCUT2D eigenvalue weighted by molar-refractivity contribution is -0.121. The molecule has 1 heterocycles. The zero-order valence-corrected chi connectivity index (χ0v) is 18.8. The highest BCUT2D eigenvalue weighted by Gasteiger charge is 2.15. The van der Waals surface area contributed by atoms with Crippen molar-refractivity contribution in [3.05, 3.63) is 100 Å². The van der Waals surface area contributed by atoms with E-state index in [1.165, 1.54) is 34.9 Å². The number of carbonyl (C=O) groups excluding carboxylic acids is 1. The molecule has 8 nitrogen and oxygen atoms in total. The Kier molecular flexibility index (Phi) is 6.90. The second kappa shape index (κ2) is 10.0. The molecule has 0 aliphatic heterocycles. The Bertz CT molecular complexity index is 1490. The topological polar surface area (TPSA) is 110 Å². The van der Waals surface area contributed by atoms with E-state index in [-0.39, 0.29) is 36.9 Å². The maximum Gasteiger partial charge on any atom is 0.419 e. The summed E-state index contributed by atoms with van der Waals surface area (Å²) in [5.41, 5.74) is 2.16. The predicted molar refractivity (Wildman–Crippen MR) is 124 cm³/mol. The summed E-state index contributed by atoms with van der Waals surface area (Å²) in [5, 5.41) is 2.73. The van der Waals surface area contributed by atoms with Gasteiger partial charge in [0.15, 0.2) is 5.58 Å². The lowest BCUT2D eigenvalue weighted by Crippen LogP contribution is -2.26. The first-order valence-electron chi connectivity index (χ1n) is 10.5. The number of nitrogens with one attached hydrogen (secondary N) is 2. The van der Waals surface area contributed by atoms with E-state index in [9.17, 15) is 22.4 Å². The van der Waals surface area contributed by atoms with Crippen molar-refractivity contribution in [3.8, 4) is 0 Å². The Morgan fingerprint density at radius 2 is 1.68 bits per heavy atom. The Morgan fingerprint density at radius 1 is 0.941 bits per heavy atom. The standard InChI is InChI=1S/C24H22FN3O5S/c25-19-7-3-5-17(13-19)16-27-34(31,32)20-8-4-6-18(14-20)15-26-23(29)11-12-28-21-9-1-2-10-22(21)33-24(28)30/h1-10,13-14,27H,11-12,15-16H2,(H,26,29). The third-order valence-corrected chi connectivity index (χ3v) is 6.59. The first-order chi connectivity index (χ1) is 16.3. The van der Waals surface area contributed by atoms with Crippen molar-refractivity contribution >= 4 is 27.0 Å². The molecular formula is C24H22FN3O5S. The number of amides is 1. The van der Waals surface area contributed by atoms with E-state index in [0.717, 1.165) is 0 Å². The van der Waals surface area contributed by atoms with Gasteiger partial charge in [-0.2, -0.15) is 0 Å². The molecule has 0 bridgehead atoms. The molecule has 0 saturated carbocycles. The summed E-state index contributed by atoms with van der Waals surface area (Å²) in [6, 6.07) is 18.8. The number of aromatic nitrogens is 1. The average Bonchev–Trinajstić information content (AvgIpc) is 3.15. The summed E-state index contributed by atoms with van der Waals surface area (Å²) >= 11 is 0. The number of sulfonamides is 1. The Balaban J connectivity index is 1.34. The van der Waals surface area contributed by atoms with E-state index in [1.54, 1.807) is 42.5 Å². The van der Waals surface area contributed by atoms with E-state index in [1.807, 2.05) is 0 Å². The van der Waals surface area contributed by atoms with Gasteiger partial charge in [0, 0.05) is 26.1 Å². The monoisotopic (exact) mass is 483 g/mol. The smallest absolute Gasteiger partial charge is 0.408 e. The Hall–Kier alpha value is -3.76. The molecule has 4 rings (SSSR count). The summed E-state index contributed by atoms with van der Waals surface area (Å²) in [5.74, 6) is -1.27. The van der Waals surface area contributed by atoms with Crippen molar-refractivity contribution in [1.82, 2.24) is 14.6 Å². The fourth-order valence-electron chi connectivity index (χ4n) is 3.46. The van der Waals surface area contributed by atoms with Crippen molar-refractivity contribution in [3.63, 3.8) is 0 Å². The number of oxazole rings is 1. The molecule has 0 atom stereocenters. The van der Waals surface area contributed by atoms with Crippen LogP contribution in [0, 0.1) is 5.82 Å². The minimum absolute atomic E-state index is 0.0343. The molecule has 3 aromatic carbocycles. The Labute approximate surface area is 195 Å². The number of carbonyl (C=O) groups is 1. The number of aryl methyl sites for hydroxylation is 1. The van der Waals surface area contributed by atoms with Gasteiger partial charge in [-0.25, -0.2) is 22.3 Å². The number of para-hydroxylation sites is 2. The Morgan fingerprint density at radius 3 is 2.47 bits per heavy atom. The van der Waals surface area contributed by atoms with E-state index < -0.39 is 21.6 Å². The van der Waals surface area contributed by atoms with E-state index in [2.05, 4.69) is 10.0 Å². The van der Waals surface area contributed by atoms with Crippen LogP contribution >= 0.6 is 0 Å². The number of fused-ring (bicyclic) bond motifs is 1. The molecule has 1 amide bonds. The highest BCUT2D eigenvalue weighted by molar-refractivity contribution is 7.89. The lowest BCUT2D eigenvalue weighted by Gasteiger charge is -2.10. The molecular weight excluding hydrogens is 461 g/mol. The van der Waals surface area contributed by atoms with Gasteiger partial charge >= 0.3 is 5.76 Å². The van der Waals surface area contributed by atoms with Crippen LogP contribution in [0.3, 0.4) is 0 Å². The highest BCUT2D eigenvalue weighted by Crippen LogP contribution is 2.14. The summed E-state index contributed by atoms with van der Waals surface area (Å²) in [7, 11) is -3.83. The van der Waals surface area contributed by atoms with Crippen LogP contribution in [0.15, 0.2) is 86.9 Å². The maximum atomic E-state index is 13.3. The van der Waals surface area contributed by atoms with E-state index in [4.69, 9.17) is 4.42 Å². The van der Waals surface area contributed by atoms with Gasteiger partial charge in [-0.1, -0.05) is 36.4 Å². The molecule has 0 radical (unpaired) electrons. The number of halogens is 1. The molecule has 10 heteroatoms. The van der Waals surface area contributed by atoms with Crippen LogP contribution in [-0.2, 0) is 34.5 Å². The van der Waals surface area contributed by atoms with Crippen molar-refractivity contribution in [2.75, 3.05) is 0 Å². The van der Waals surface area contributed by atoms with Crippen LogP contribution in [0.5, 0.6) is 0 Å². The summed E-state index contributed by atoms with van der Waals surface area (Å²) in [6.07, 6.45) is 0.0522. The van der Waals surface area contributed by atoms with Crippen molar-refractivity contribution in [2.24, 2.45) is 0 Å². The molecule has 34 heavy (non-hydrogen) atoms. The third kappa shape index (κ3) is 5.59. The number of benzene rings is 3. The second-order valence-corrected chi connectivity index (χ2v) is 9.38. The van der Waals surface area contributed by atoms with Gasteiger partial charge in [0.2, 0.25) is 15.9 Å². The van der Waals surface area contributed by atoms with Gasteiger partial charge in [0.25, 0.3) is 0 Å². The molecule has 4 aromatic rings. The largest absolute Gasteiger partial charge is 0.419 e. The predicted octanol–water partition coefficient (Wildman–Crippen LogP) is 2.92. The van der Waals surface area contributed by atoms with Crippen LogP contribution in [0.1, 0.15) is 17.5 Å². The fourth-order valence-corrected chi connectivity index (χ4v) is 4.55. The zero-order chi connectivity index (χ0) is 24.1. The van der Waals surface area contributed by atoms with Crippen LogP contribution < -0.4 is 15.8 Å². The molecule has 0 saturated heterocycles. The van der Waals surface area contributed by atoms with Crippen molar-refractivity contribution < 1.29 is 22.0 Å². The fraction of sp³-hybridized carbons (Fsp3) is 0.167. The van der Waals surface area contributed by atoms with Crippen LogP contribution in [0.2, 0.25) is 0 Å². The zero-order valence-electron chi connectivity index (χ0n) is 18.0. The summed E-state index contributed by atoms with van der Waals surface area (Å²) in [4.78, 5) is 24.3. The molecule has 1 aromatic heterocycles. The van der Waals surface area contributed by atoms with Crippen LogP contribution in [-0.4, -0.2) is 18.9 Å². The third-order valence-electron chi connectivity index (χ3n) is 5.19. The van der Waals surface area contributed by atoms with Gasteiger partial charge in [0.1, 0.15) is 5.82 Å². The number of hydrogen-bond donors (Lipinski definition) is 2. The molecule has 0 spiro atoms. The van der Waals surface area contributed by atoms with Crippen LogP contribution in [0.4, 0.5) is 4.39 Å². The quantitative estimate of drug-likeness (QED) is 0.380. The lowest BCUT2D eigenvalue weighted by atomic mass is 10.2. The highest BCUT2D eigenvalue weighted by atomic mass is 32.2. The van der Waals surface area contributed by atoms with Crippen molar-refractivity contribution in [1.29, 1.82) is 0 Å². The van der Waals surface area contributed by atoms with Gasteiger partial charge < -0.3 is 9.73 Å². The molecule has 2 N–H and O–H groups in total. The second-order valence-electron chi connectivity index (χ2n) is 7.62. The van der Waals surface area contributed by atoms with Gasteiger partial charge in [-0.15, -0.1) is 0 Å². The summed E-state index contributed by atoms with van der Waals surface area (Å²) in [6.45, 7) is 0.219. The van der Waals surface area contributed by atoms with E-state index >= 15 is 0 Å². The van der Waals surface area contributed by atoms with Gasteiger partial charge in [-0.3, -0.25) is 9.36 Å². The maximum absolute atomic E-state index is 13.3. The number of rotatable bonds is 9. The minimum Gasteiger partial charge on any atom is -0.408 e. The normalized spacial score (nSPS) is 11.6. The molecule has 0 unspecified atom stereocenters. The molecule has 0 aliphatic rings. The van der Waals surface area contributed by atoms with Gasteiger partial charge in [-0.05, 0) is 47.5 Å². The molecule has 0 fully saturated rings. The minimum atomic E-state index is -3.83. The SMILES string of the molecule is O=C(CCn1c(=O)oc2ccccc21)NCc1cccc(S(=O)(=O)NCc2cccc(F)c2)c1. The number of nitrogens with zero attached hydrogens (tertiary/aromatic N) is 1. The average molecular weight is 484 g/mol.